The Bertz CT molecular complexity index is 543. The van der Waals surface area contributed by atoms with E-state index in [1.54, 1.807) is 0 Å². The van der Waals surface area contributed by atoms with Crippen LogP contribution in [-0.4, -0.2) is 16.2 Å². The van der Waals surface area contributed by atoms with Crippen molar-refractivity contribution < 1.29 is 4.42 Å². The first-order chi connectivity index (χ1) is 9.70. The second-order valence-corrected chi connectivity index (χ2v) is 6.08. The van der Waals surface area contributed by atoms with Gasteiger partial charge in [-0.3, -0.25) is 0 Å². The summed E-state index contributed by atoms with van der Waals surface area (Å²) in [5.74, 6) is 2.17. The second kappa shape index (κ2) is 5.65. The first-order valence-corrected chi connectivity index (χ1v) is 7.34. The van der Waals surface area contributed by atoms with Gasteiger partial charge in [0, 0.05) is 17.3 Å². The van der Waals surface area contributed by atoms with Gasteiger partial charge in [-0.1, -0.05) is 19.9 Å². The van der Waals surface area contributed by atoms with Crippen LogP contribution in [-0.2, 0) is 0 Å². The third kappa shape index (κ3) is 3.00. The summed E-state index contributed by atoms with van der Waals surface area (Å²) in [4.78, 5) is 0. The average Bonchev–Trinajstić information content (AvgIpc) is 2.91. The zero-order valence-corrected chi connectivity index (χ0v) is 12.0. The van der Waals surface area contributed by atoms with Crippen molar-refractivity contribution in [3.63, 3.8) is 0 Å². The number of aromatic nitrogens is 2. The zero-order chi connectivity index (χ0) is 13.9. The van der Waals surface area contributed by atoms with Crippen LogP contribution < -0.4 is 5.32 Å². The summed E-state index contributed by atoms with van der Waals surface area (Å²) in [7, 11) is 0. The van der Waals surface area contributed by atoms with Crippen molar-refractivity contribution in [3.8, 4) is 11.5 Å². The molecule has 0 amide bonds. The molecule has 0 spiro atoms. The predicted molar refractivity (Wildman–Crippen MR) is 79.3 cm³/mol. The molecule has 1 saturated carbocycles. The lowest BCUT2D eigenvalue weighted by Crippen LogP contribution is -2.30. The largest absolute Gasteiger partial charge is 0.423 e. The topological polar surface area (TPSA) is 51.0 Å². The minimum Gasteiger partial charge on any atom is -0.423 e. The first-order valence-electron chi connectivity index (χ1n) is 7.34. The number of hydrogen-bond acceptors (Lipinski definition) is 4. The lowest BCUT2D eigenvalue weighted by atomic mass is 9.80. The Morgan fingerprint density at radius 3 is 2.65 bits per heavy atom. The van der Waals surface area contributed by atoms with E-state index in [-0.39, 0.29) is 0 Å². The van der Waals surface area contributed by atoms with Gasteiger partial charge in [-0.2, -0.15) is 0 Å². The molecule has 0 aliphatic heterocycles. The molecule has 20 heavy (non-hydrogen) atoms. The molecule has 2 aromatic rings. The van der Waals surface area contributed by atoms with Gasteiger partial charge in [-0.25, -0.2) is 0 Å². The van der Waals surface area contributed by atoms with Crippen molar-refractivity contribution in [2.24, 2.45) is 11.8 Å². The quantitative estimate of drug-likeness (QED) is 0.917. The Hall–Kier alpha value is -1.84. The summed E-state index contributed by atoms with van der Waals surface area (Å²) < 4.78 is 5.25. The van der Waals surface area contributed by atoms with Gasteiger partial charge in [0.1, 0.15) is 0 Å². The molecule has 1 fully saturated rings. The minimum atomic E-state index is 0.562. The van der Waals surface area contributed by atoms with E-state index in [9.17, 15) is 0 Å². The van der Waals surface area contributed by atoms with Gasteiger partial charge in [0.15, 0.2) is 0 Å². The molecule has 1 aliphatic rings. The summed E-state index contributed by atoms with van der Waals surface area (Å²) in [5, 5.41) is 11.3. The molecule has 1 N–H and O–H groups in total. The molecular weight excluding hydrogens is 250 g/mol. The van der Waals surface area contributed by atoms with Gasteiger partial charge < -0.3 is 9.73 Å². The van der Waals surface area contributed by atoms with Crippen LogP contribution in [0.2, 0.25) is 0 Å². The van der Waals surface area contributed by atoms with E-state index in [0.29, 0.717) is 11.9 Å². The fourth-order valence-corrected chi connectivity index (χ4v) is 3.34. The molecule has 1 aliphatic carbocycles. The molecule has 0 saturated heterocycles. The number of rotatable bonds is 3. The highest BCUT2D eigenvalue weighted by Gasteiger charge is 2.23. The molecule has 2 unspecified atom stereocenters. The molecule has 3 rings (SSSR count). The molecule has 4 nitrogen and oxygen atoms in total. The van der Waals surface area contributed by atoms with Gasteiger partial charge in [-0.05, 0) is 49.3 Å². The van der Waals surface area contributed by atoms with Crippen LogP contribution in [0.25, 0.3) is 11.5 Å². The van der Waals surface area contributed by atoms with Crippen LogP contribution in [0.15, 0.2) is 35.1 Å². The molecule has 1 aromatic heterocycles. The molecule has 0 radical (unpaired) electrons. The van der Waals surface area contributed by atoms with E-state index in [0.717, 1.165) is 23.1 Å². The van der Waals surface area contributed by atoms with Crippen LogP contribution >= 0.6 is 0 Å². The van der Waals surface area contributed by atoms with E-state index < -0.39 is 0 Å². The summed E-state index contributed by atoms with van der Waals surface area (Å²) in [6, 6.07) is 8.76. The van der Waals surface area contributed by atoms with Crippen molar-refractivity contribution in [1.82, 2.24) is 10.2 Å². The Morgan fingerprint density at radius 2 is 1.95 bits per heavy atom. The molecule has 2 atom stereocenters. The van der Waals surface area contributed by atoms with Crippen LogP contribution in [0.3, 0.4) is 0 Å². The molecule has 4 heteroatoms. The highest BCUT2D eigenvalue weighted by atomic mass is 16.4. The summed E-state index contributed by atoms with van der Waals surface area (Å²) in [6.07, 6.45) is 5.20. The molecule has 1 aromatic carbocycles. The van der Waals surface area contributed by atoms with Crippen LogP contribution in [0.4, 0.5) is 5.69 Å². The van der Waals surface area contributed by atoms with Crippen LogP contribution in [0, 0.1) is 11.8 Å². The third-order valence-electron chi connectivity index (χ3n) is 4.02. The lowest BCUT2D eigenvalue weighted by Gasteiger charge is -2.32. The Balaban J connectivity index is 1.73. The summed E-state index contributed by atoms with van der Waals surface area (Å²) in [6.45, 7) is 4.69. The van der Waals surface area contributed by atoms with Crippen molar-refractivity contribution in [1.29, 1.82) is 0 Å². The van der Waals surface area contributed by atoms with Crippen molar-refractivity contribution >= 4 is 5.69 Å². The van der Waals surface area contributed by atoms with Gasteiger partial charge in [0.05, 0.1) is 0 Å². The maximum Gasteiger partial charge on any atom is 0.247 e. The van der Waals surface area contributed by atoms with Gasteiger partial charge >= 0.3 is 0 Å². The molecule has 0 bridgehead atoms. The second-order valence-electron chi connectivity index (χ2n) is 6.08. The average molecular weight is 271 g/mol. The lowest BCUT2D eigenvalue weighted by molar-refractivity contribution is 0.281. The highest BCUT2D eigenvalue weighted by Crippen LogP contribution is 2.31. The SMILES string of the molecule is CC1CC(C)CC(Nc2cccc(-c3nnco3)c2)C1. The molecule has 1 heterocycles. The normalized spacial score (nSPS) is 26.4. The van der Waals surface area contributed by atoms with Crippen molar-refractivity contribution in [3.05, 3.63) is 30.7 Å². The first kappa shape index (κ1) is 13.2. The number of nitrogens with one attached hydrogen (secondary N) is 1. The fraction of sp³-hybridized carbons (Fsp3) is 0.500. The number of hydrogen-bond donors (Lipinski definition) is 1. The maximum absolute atomic E-state index is 5.25. The summed E-state index contributed by atoms with van der Waals surface area (Å²) >= 11 is 0. The highest BCUT2D eigenvalue weighted by molar-refractivity contribution is 5.61. The number of anilines is 1. The Labute approximate surface area is 119 Å². The Morgan fingerprint density at radius 1 is 1.15 bits per heavy atom. The van der Waals surface area contributed by atoms with E-state index >= 15 is 0 Å². The fourth-order valence-electron chi connectivity index (χ4n) is 3.34. The Kier molecular flexibility index (Phi) is 3.72. The van der Waals surface area contributed by atoms with E-state index in [4.69, 9.17) is 4.42 Å². The predicted octanol–water partition coefficient (Wildman–Crippen LogP) is 3.97. The van der Waals surface area contributed by atoms with Crippen molar-refractivity contribution in [2.75, 3.05) is 5.32 Å². The van der Waals surface area contributed by atoms with Crippen LogP contribution in [0.5, 0.6) is 0 Å². The standard InChI is InChI=1S/C16H21N3O/c1-11-6-12(2)8-15(7-11)18-14-5-3-4-13(9-14)16-19-17-10-20-16/h3-5,9-12,15,18H,6-8H2,1-2H3. The van der Waals surface area contributed by atoms with E-state index in [1.807, 2.05) is 12.1 Å². The zero-order valence-electron chi connectivity index (χ0n) is 12.0. The number of nitrogens with zero attached hydrogens (tertiary/aromatic N) is 2. The van der Waals surface area contributed by atoms with Crippen molar-refractivity contribution in [2.45, 2.75) is 39.2 Å². The van der Waals surface area contributed by atoms with E-state index in [2.05, 4.69) is 41.5 Å². The van der Waals surface area contributed by atoms with Gasteiger partial charge in [-0.15, -0.1) is 10.2 Å². The molecule has 106 valence electrons. The number of benzene rings is 1. The monoisotopic (exact) mass is 271 g/mol. The van der Waals surface area contributed by atoms with E-state index in [1.165, 1.54) is 25.7 Å². The maximum atomic E-state index is 5.25. The third-order valence-corrected chi connectivity index (χ3v) is 4.02. The van der Waals surface area contributed by atoms with Gasteiger partial charge in [0.25, 0.3) is 0 Å². The molecular formula is C16H21N3O. The minimum absolute atomic E-state index is 0.562. The van der Waals surface area contributed by atoms with Crippen LogP contribution in [0.1, 0.15) is 33.1 Å². The van der Waals surface area contributed by atoms with Gasteiger partial charge in [0.2, 0.25) is 12.3 Å². The smallest absolute Gasteiger partial charge is 0.247 e. The summed E-state index contributed by atoms with van der Waals surface area (Å²) in [5.41, 5.74) is 2.09.